The van der Waals surface area contributed by atoms with E-state index in [-0.39, 0.29) is 0 Å². The molecule has 0 saturated carbocycles. The van der Waals surface area contributed by atoms with Crippen molar-refractivity contribution in [2.45, 2.75) is 6.92 Å². The lowest BCUT2D eigenvalue weighted by Crippen LogP contribution is -1.76. The summed E-state index contributed by atoms with van der Waals surface area (Å²) in [7, 11) is 1.63. The number of azo groups is 1. The van der Waals surface area contributed by atoms with E-state index in [1.165, 1.54) is 0 Å². The van der Waals surface area contributed by atoms with Gasteiger partial charge in [-0.3, -0.25) is 0 Å². The molecule has 0 aliphatic heterocycles. The Kier molecular flexibility index (Phi) is 2.10. The second kappa shape index (κ2) is 3.06. The van der Waals surface area contributed by atoms with Crippen molar-refractivity contribution in [1.82, 2.24) is 4.98 Å². The Morgan fingerprint density at radius 3 is 2.90 bits per heavy atom. The molecule has 1 aromatic rings. The number of nitrogens with zero attached hydrogens (tertiary/aromatic N) is 3. The van der Waals surface area contributed by atoms with Crippen molar-refractivity contribution in [3.8, 4) is 0 Å². The van der Waals surface area contributed by atoms with Crippen molar-refractivity contribution >= 4 is 5.82 Å². The van der Waals surface area contributed by atoms with Crippen molar-refractivity contribution in [2.75, 3.05) is 7.05 Å². The van der Waals surface area contributed by atoms with Crippen LogP contribution in [0, 0.1) is 6.92 Å². The molecular formula is C7H9N3. The Morgan fingerprint density at radius 1 is 1.50 bits per heavy atom. The van der Waals surface area contributed by atoms with Crippen molar-refractivity contribution in [1.29, 1.82) is 0 Å². The lowest BCUT2D eigenvalue weighted by molar-refractivity contribution is 1.09. The second-order valence-electron chi connectivity index (χ2n) is 1.94. The summed E-state index contributed by atoms with van der Waals surface area (Å²) in [5.41, 5.74) is 1.05. The van der Waals surface area contributed by atoms with Crippen LogP contribution >= 0.6 is 0 Å². The molecule has 0 aliphatic carbocycles. The summed E-state index contributed by atoms with van der Waals surface area (Å²) < 4.78 is 0. The molecule has 0 fully saturated rings. The van der Waals surface area contributed by atoms with Crippen LogP contribution in [0.2, 0.25) is 0 Å². The average molecular weight is 135 g/mol. The van der Waals surface area contributed by atoms with Gasteiger partial charge in [-0.1, -0.05) is 6.07 Å². The Balaban J connectivity index is 3.03. The molecule has 0 unspecified atom stereocenters. The van der Waals surface area contributed by atoms with E-state index in [4.69, 9.17) is 0 Å². The summed E-state index contributed by atoms with van der Waals surface area (Å²) >= 11 is 0. The van der Waals surface area contributed by atoms with Gasteiger partial charge in [0.2, 0.25) is 0 Å². The predicted octanol–water partition coefficient (Wildman–Crippen LogP) is 2.10. The van der Waals surface area contributed by atoms with E-state index in [9.17, 15) is 0 Å². The molecule has 0 N–H and O–H groups in total. The van der Waals surface area contributed by atoms with Gasteiger partial charge in [-0.25, -0.2) is 4.98 Å². The van der Waals surface area contributed by atoms with Gasteiger partial charge < -0.3 is 0 Å². The lowest BCUT2D eigenvalue weighted by atomic mass is 10.3. The van der Waals surface area contributed by atoms with Gasteiger partial charge in [0.25, 0.3) is 0 Å². The van der Waals surface area contributed by atoms with E-state index < -0.39 is 0 Å². The highest BCUT2D eigenvalue weighted by atomic mass is 15.1. The Hall–Kier alpha value is -1.25. The fraction of sp³-hybridized carbons (Fsp3) is 0.286. The molecule has 0 atom stereocenters. The first kappa shape index (κ1) is 6.86. The number of hydrogen-bond acceptors (Lipinski definition) is 3. The molecule has 0 aliphatic rings. The minimum atomic E-state index is 0.699. The van der Waals surface area contributed by atoms with E-state index in [1.54, 1.807) is 13.2 Å². The third kappa shape index (κ3) is 1.37. The number of pyridine rings is 1. The first-order chi connectivity index (χ1) is 4.84. The quantitative estimate of drug-likeness (QED) is 0.543. The highest BCUT2D eigenvalue weighted by molar-refractivity contribution is 5.35. The number of aromatic nitrogens is 1. The molecule has 1 heterocycles. The number of aryl methyl sites for hydroxylation is 1. The summed E-state index contributed by atoms with van der Waals surface area (Å²) in [6.45, 7) is 1.96. The van der Waals surface area contributed by atoms with Crippen LogP contribution in [-0.2, 0) is 0 Å². The summed E-state index contributed by atoms with van der Waals surface area (Å²) in [4.78, 5) is 4.01. The monoisotopic (exact) mass is 135 g/mol. The molecule has 3 heteroatoms. The van der Waals surface area contributed by atoms with Gasteiger partial charge in [0.05, 0.1) is 0 Å². The zero-order valence-corrected chi connectivity index (χ0v) is 6.07. The van der Waals surface area contributed by atoms with Crippen LogP contribution in [0.1, 0.15) is 5.56 Å². The van der Waals surface area contributed by atoms with Crippen LogP contribution < -0.4 is 0 Å². The van der Waals surface area contributed by atoms with Crippen LogP contribution in [0.5, 0.6) is 0 Å². The molecule has 10 heavy (non-hydrogen) atoms. The van der Waals surface area contributed by atoms with Crippen molar-refractivity contribution < 1.29 is 0 Å². The highest BCUT2D eigenvalue weighted by Gasteiger charge is 1.92. The summed E-state index contributed by atoms with van der Waals surface area (Å²) in [5.74, 6) is 0.699. The first-order valence-electron chi connectivity index (χ1n) is 3.06. The largest absolute Gasteiger partial charge is 0.235 e. The van der Waals surface area contributed by atoms with E-state index in [1.807, 2.05) is 19.1 Å². The molecule has 1 aromatic heterocycles. The van der Waals surface area contributed by atoms with Crippen LogP contribution in [-0.4, -0.2) is 12.0 Å². The average Bonchev–Trinajstić information content (AvgIpc) is 1.94. The maximum absolute atomic E-state index is 4.01. The maximum Gasteiger partial charge on any atom is 0.176 e. The van der Waals surface area contributed by atoms with Gasteiger partial charge in [0.1, 0.15) is 0 Å². The van der Waals surface area contributed by atoms with Crippen molar-refractivity contribution in [3.05, 3.63) is 23.9 Å². The van der Waals surface area contributed by atoms with Gasteiger partial charge in [0, 0.05) is 13.2 Å². The second-order valence-corrected chi connectivity index (χ2v) is 1.94. The van der Waals surface area contributed by atoms with Gasteiger partial charge in [0.15, 0.2) is 5.82 Å². The zero-order valence-electron chi connectivity index (χ0n) is 6.07. The Morgan fingerprint density at radius 2 is 2.30 bits per heavy atom. The van der Waals surface area contributed by atoms with E-state index in [0.717, 1.165) is 5.56 Å². The van der Waals surface area contributed by atoms with E-state index >= 15 is 0 Å². The molecule has 0 bridgehead atoms. The van der Waals surface area contributed by atoms with Crippen LogP contribution in [0.3, 0.4) is 0 Å². The SMILES string of the molecule is C/N=N\c1ncccc1C. The molecule has 0 radical (unpaired) electrons. The standard InChI is InChI=1S/C7H9N3/c1-6-4-3-5-9-7(6)10-8-2/h3-5H,1-2H3/b10-8-. The summed E-state index contributed by atoms with van der Waals surface area (Å²) in [6.07, 6.45) is 1.71. The molecule has 1 rings (SSSR count). The number of rotatable bonds is 1. The minimum Gasteiger partial charge on any atom is -0.235 e. The van der Waals surface area contributed by atoms with Gasteiger partial charge in [-0.05, 0) is 18.6 Å². The van der Waals surface area contributed by atoms with Gasteiger partial charge in [-0.15, -0.1) is 5.11 Å². The number of hydrogen-bond donors (Lipinski definition) is 0. The Bertz CT molecular complexity index is 242. The van der Waals surface area contributed by atoms with Gasteiger partial charge >= 0.3 is 0 Å². The molecule has 3 nitrogen and oxygen atoms in total. The van der Waals surface area contributed by atoms with Crippen LogP contribution in [0.25, 0.3) is 0 Å². The van der Waals surface area contributed by atoms with E-state index in [0.29, 0.717) is 5.82 Å². The van der Waals surface area contributed by atoms with Gasteiger partial charge in [-0.2, -0.15) is 5.11 Å². The lowest BCUT2D eigenvalue weighted by Gasteiger charge is -1.92. The third-order valence-electron chi connectivity index (χ3n) is 1.18. The topological polar surface area (TPSA) is 37.6 Å². The predicted molar refractivity (Wildman–Crippen MR) is 39.4 cm³/mol. The van der Waals surface area contributed by atoms with E-state index in [2.05, 4.69) is 15.2 Å². The highest BCUT2D eigenvalue weighted by Crippen LogP contribution is 2.12. The fourth-order valence-electron chi connectivity index (χ4n) is 0.677. The smallest absolute Gasteiger partial charge is 0.176 e. The molecule has 0 aromatic carbocycles. The fourth-order valence-corrected chi connectivity index (χ4v) is 0.677. The molecule has 0 spiro atoms. The third-order valence-corrected chi connectivity index (χ3v) is 1.18. The first-order valence-corrected chi connectivity index (χ1v) is 3.06. The van der Waals surface area contributed by atoms with Crippen LogP contribution in [0.4, 0.5) is 5.82 Å². The summed E-state index contributed by atoms with van der Waals surface area (Å²) in [5, 5.41) is 7.45. The Labute approximate surface area is 59.8 Å². The summed E-state index contributed by atoms with van der Waals surface area (Å²) in [6, 6.07) is 3.83. The normalized spacial score (nSPS) is 10.6. The molecule has 52 valence electrons. The van der Waals surface area contributed by atoms with Crippen molar-refractivity contribution in [3.63, 3.8) is 0 Å². The molecular weight excluding hydrogens is 126 g/mol. The molecule has 0 saturated heterocycles. The maximum atomic E-state index is 4.01. The molecule has 0 amide bonds. The van der Waals surface area contributed by atoms with Crippen LogP contribution in [0.15, 0.2) is 28.6 Å². The minimum absolute atomic E-state index is 0.699. The van der Waals surface area contributed by atoms with Crippen molar-refractivity contribution in [2.24, 2.45) is 10.2 Å². The zero-order chi connectivity index (χ0) is 7.40.